The van der Waals surface area contributed by atoms with E-state index in [4.69, 9.17) is 9.47 Å². The summed E-state index contributed by atoms with van der Waals surface area (Å²) in [6.45, 7) is 1.87. The lowest BCUT2D eigenvalue weighted by Crippen LogP contribution is -2.36. The number of benzene rings is 3. The molecule has 0 aliphatic heterocycles. The molecule has 9 nitrogen and oxygen atoms in total. The second-order valence-electron chi connectivity index (χ2n) is 8.25. The summed E-state index contributed by atoms with van der Waals surface area (Å²) in [7, 11) is 3.13. The third kappa shape index (κ3) is 6.46. The second kappa shape index (κ2) is 11.8. The molecule has 0 spiro atoms. The van der Waals surface area contributed by atoms with E-state index in [1.54, 1.807) is 50.6 Å². The lowest BCUT2D eigenvalue weighted by Gasteiger charge is -2.14. The molecule has 4 N–H and O–H groups in total. The van der Waals surface area contributed by atoms with Crippen LogP contribution in [0.15, 0.2) is 77.9 Å². The molecule has 1 heterocycles. The molecular weight excluding hydrogens is 470 g/mol. The quantitative estimate of drug-likeness (QED) is 0.209. The predicted molar refractivity (Wildman–Crippen MR) is 146 cm³/mol. The Kier molecular flexibility index (Phi) is 8.05. The monoisotopic (exact) mass is 499 g/mol. The number of carbonyl (C=O) groups is 2. The number of hydrogen-bond acceptors (Lipinski definition) is 5. The first-order chi connectivity index (χ1) is 18.0. The van der Waals surface area contributed by atoms with Crippen LogP contribution in [-0.2, 0) is 11.2 Å². The number of aromatic nitrogens is 1. The van der Waals surface area contributed by atoms with E-state index in [9.17, 15) is 9.59 Å². The van der Waals surface area contributed by atoms with Gasteiger partial charge in [-0.1, -0.05) is 18.2 Å². The highest BCUT2D eigenvalue weighted by Crippen LogP contribution is 2.29. The molecule has 2 amide bonds. The number of nitrogens with one attached hydrogen (secondary N) is 4. The van der Waals surface area contributed by atoms with Gasteiger partial charge in [-0.3, -0.25) is 19.9 Å². The van der Waals surface area contributed by atoms with Crippen LogP contribution in [0.5, 0.6) is 11.5 Å². The minimum atomic E-state index is -0.340. The van der Waals surface area contributed by atoms with Crippen molar-refractivity contribution in [2.24, 2.45) is 4.99 Å². The molecule has 4 aromatic rings. The average Bonchev–Trinajstić information content (AvgIpc) is 3.31. The molecule has 0 aliphatic rings. The van der Waals surface area contributed by atoms with Crippen molar-refractivity contribution in [3.05, 3.63) is 84.1 Å². The van der Waals surface area contributed by atoms with Crippen LogP contribution in [-0.4, -0.2) is 43.5 Å². The molecule has 0 atom stereocenters. The van der Waals surface area contributed by atoms with Gasteiger partial charge in [-0.15, -0.1) is 0 Å². The fraction of sp³-hybridized carbons (Fsp3) is 0.179. The normalized spacial score (nSPS) is 11.2. The zero-order chi connectivity index (χ0) is 26.2. The molecule has 9 heteroatoms. The number of fused-ring (bicyclic) bond motifs is 1. The summed E-state index contributed by atoms with van der Waals surface area (Å²) in [6, 6.07) is 20.1. The molecule has 4 rings (SSSR count). The summed E-state index contributed by atoms with van der Waals surface area (Å²) < 4.78 is 10.7. The molecule has 0 aliphatic carbocycles. The first-order valence-corrected chi connectivity index (χ1v) is 11.7. The second-order valence-corrected chi connectivity index (χ2v) is 8.25. The van der Waals surface area contributed by atoms with Crippen molar-refractivity contribution in [2.45, 2.75) is 13.3 Å². The van der Waals surface area contributed by atoms with E-state index in [1.165, 1.54) is 6.92 Å². The van der Waals surface area contributed by atoms with Crippen LogP contribution in [0, 0.1) is 0 Å². The van der Waals surface area contributed by atoms with Gasteiger partial charge in [0.1, 0.15) is 0 Å². The Morgan fingerprint density at radius 2 is 1.62 bits per heavy atom. The fourth-order valence-corrected chi connectivity index (χ4v) is 3.88. The molecule has 190 valence electrons. The summed E-state index contributed by atoms with van der Waals surface area (Å²) in [5.41, 5.74) is 3.92. The largest absolute Gasteiger partial charge is 0.493 e. The van der Waals surface area contributed by atoms with Crippen molar-refractivity contribution in [2.75, 3.05) is 31.4 Å². The minimum Gasteiger partial charge on any atom is -0.493 e. The van der Waals surface area contributed by atoms with Gasteiger partial charge in [-0.25, -0.2) is 0 Å². The van der Waals surface area contributed by atoms with E-state index < -0.39 is 0 Å². The van der Waals surface area contributed by atoms with Gasteiger partial charge in [0, 0.05) is 53.6 Å². The Bertz CT molecular complexity index is 1430. The zero-order valence-electron chi connectivity index (χ0n) is 20.9. The van der Waals surface area contributed by atoms with Gasteiger partial charge in [0.2, 0.25) is 11.9 Å². The van der Waals surface area contributed by atoms with E-state index in [0.29, 0.717) is 47.4 Å². The number of rotatable bonds is 8. The molecule has 3 aromatic carbocycles. The van der Waals surface area contributed by atoms with Gasteiger partial charge in [0.05, 0.1) is 14.2 Å². The number of methoxy groups -OCH3 is 2. The number of carbonyl (C=O) groups excluding carboxylic acids is 2. The number of aromatic amines is 1. The molecule has 0 fully saturated rings. The maximum Gasteiger partial charge on any atom is 0.257 e. The zero-order valence-corrected chi connectivity index (χ0v) is 20.9. The number of aliphatic imine (C=N–C) groups is 1. The predicted octanol–water partition coefficient (Wildman–Crippen LogP) is 4.58. The Hall–Kier alpha value is -4.79. The highest BCUT2D eigenvalue weighted by molar-refractivity contribution is 6.10. The van der Waals surface area contributed by atoms with Crippen LogP contribution in [0.2, 0.25) is 0 Å². The van der Waals surface area contributed by atoms with Gasteiger partial charge < -0.3 is 25.1 Å². The van der Waals surface area contributed by atoms with E-state index in [2.05, 4.69) is 32.0 Å². The van der Waals surface area contributed by atoms with Crippen LogP contribution < -0.4 is 25.4 Å². The third-order valence-electron chi connectivity index (χ3n) is 5.67. The highest BCUT2D eigenvalue weighted by Gasteiger charge is 2.12. The lowest BCUT2D eigenvalue weighted by molar-refractivity contribution is -0.114. The van der Waals surface area contributed by atoms with Gasteiger partial charge in [0.25, 0.3) is 5.91 Å². The van der Waals surface area contributed by atoms with E-state index in [1.807, 2.05) is 30.5 Å². The number of nitrogens with zero attached hydrogens (tertiary/aromatic N) is 1. The number of guanidine groups is 1. The summed E-state index contributed by atoms with van der Waals surface area (Å²) in [5.74, 6) is 0.914. The molecule has 1 aromatic heterocycles. The van der Waals surface area contributed by atoms with Crippen LogP contribution in [0.4, 0.5) is 11.4 Å². The fourth-order valence-electron chi connectivity index (χ4n) is 3.88. The number of para-hydroxylation sites is 1. The molecule has 37 heavy (non-hydrogen) atoms. The van der Waals surface area contributed by atoms with Crippen molar-refractivity contribution in [3.8, 4) is 11.5 Å². The lowest BCUT2D eigenvalue weighted by atomic mass is 10.1. The number of ether oxygens (including phenoxy) is 2. The maximum atomic E-state index is 13.0. The SMILES string of the molecule is COc1ccc(NC(=NCCc2c[nH]c3ccccc23)NC(=O)c2ccc(NC(C)=O)cc2)cc1OC. The Morgan fingerprint density at radius 1 is 0.892 bits per heavy atom. The minimum absolute atomic E-state index is 0.180. The summed E-state index contributed by atoms with van der Waals surface area (Å²) in [6.07, 6.45) is 2.67. The van der Waals surface area contributed by atoms with Crippen molar-refractivity contribution in [1.29, 1.82) is 0 Å². The Labute approximate surface area is 214 Å². The van der Waals surface area contributed by atoms with Crippen molar-refractivity contribution in [3.63, 3.8) is 0 Å². The summed E-state index contributed by atoms with van der Waals surface area (Å²) in [4.78, 5) is 32.2. The Balaban J connectivity index is 1.53. The maximum absolute atomic E-state index is 13.0. The number of H-pyrrole nitrogens is 1. The molecule has 0 saturated heterocycles. The molecule has 0 saturated carbocycles. The standard InChI is InChI=1S/C28H29N5O4/c1-18(34)31-21-10-8-19(9-11-21)27(35)33-28(32-22-12-13-25(36-2)26(16-22)37-3)29-15-14-20-17-30-24-7-5-4-6-23(20)24/h4-13,16-17,30H,14-15H2,1-3H3,(H,31,34)(H2,29,32,33,35). The van der Waals surface area contributed by atoms with Gasteiger partial charge in [0.15, 0.2) is 11.5 Å². The van der Waals surface area contributed by atoms with E-state index in [0.717, 1.165) is 16.5 Å². The van der Waals surface area contributed by atoms with Crippen LogP contribution in [0.1, 0.15) is 22.8 Å². The summed E-state index contributed by atoms with van der Waals surface area (Å²) in [5, 5.41) is 9.87. The third-order valence-corrected chi connectivity index (χ3v) is 5.67. The molecule has 0 radical (unpaired) electrons. The number of anilines is 2. The van der Waals surface area contributed by atoms with Crippen LogP contribution in [0.25, 0.3) is 10.9 Å². The van der Waals surface area contributed by atoms with Crippen molar-refractivity contribution >= 4 is 40.1 Å². The van der Waals surface area contributed by atoms with Crippen LogP contribution in [0.3, 0.4) is 0 Å². The van der Waals surface area contributed by atoms with Crippen LogP contribution >= 0.6 is 0 Å². The number of hydrogen-bond donors (Lipinski definition) is 4. The van der Waals surface area contributed by atoms with E-state index in [-0.39, 0.29) is 11.8 Å². The van der Waals surface area contributed by atoms with Crippen molar-refractivity contribution < 1.29 is 19.1 Å². The first-order valence-electron chi connectivity index (χ1n) is 11.7. The smallest absolute Gasteiger partial charge is 0.257 e. The molecular formula is C28H29N5O4. The topological polar surface area (TPSA) is 117 Å². The van der Waals surface area contributed by atoms with E-state index >= 15 is 0 Å². The van der Waals surface area contributed by atoms with Gasteiger partial charge in [-0.2, -0.15) is 0 Å². The van der Waals surface area contributed by atoms with Gasteiger partial charge in [-0.05, 0) is 54.4 Å². The Morgan fingerprint density at radius 3 is 2.35 bits per heavy atom. The highest BCUT2D eigenvalue weighted by atomic mass is 16.5. The first kappa shape index (κ1) is 25.3. The summed E-state index contributed by atoms with van der Waals surface area (Å²) >= 11 is 0. The number of amides is 2. The van der Waals surface area contributed by atoms with Gasteiger partial charge >= 0.3 is 0 Å². The average molecular weight is 500 g/mol. The van der Waals surface area contributed by atoms with Crippen molar-refractivity contribution in [1.82, 2.24) is 10.3 Å². The molecule has 0 bridgehead atoms. The molecule has 0 unspecified atom stereocenters.